The van der Waals surface area contributed by atoms with Crippen molar-refractivity contribution in [2.45, 2.75) is 0 Å². The number of halogens is 2. The Bertz CT molecular complexity index is 762. The van der Waals surface area contributed by atoms with Crippen molar-refractivity contribution in [3.63, 3.8) is 0 Å². The number of hydrogen-bond acceptors (Lipinski definition) is 1. The average Bonchev–Trinajstić information content (AvgIpc) is 2.87. The van der Waals surface area contributed by atoms with Gasteiger partial charge in [-0.2, -0.15) is 0 Å². The molecule has 5 heteroatoms. The molecule has 100 valence electrons. The molecule has 0 aliphatic heterocycles. The third-order valence-electron chi connectivity index (χ3n) is 2.95. The van der Waals surface area contributed by atoms with Gasteiger partial charge in [0.15, 0.2) is 0 Å². The van der Waals surface area contributed by atoms with E-state index in [-0.39, 0.29) is 11.4 Å². The molecule has 3 aromatic rings. The molecule has 0 aliphatic rings. The van der Waals surface area contributed by atoms with Crippen LogP contribution in [0.2, 0.25) is 0 Å². The molecule has 0 radical (unpaired) electrons. The van der Waals surface area contributed by atoms with Gasteiger partial charge in [0.2, 0.25) is 0 Å². The van der Waals surface area contributed by atoms with E-state index in [1.54, 1.807) is 6.07 Å². The first-order chi connectivity index (χ1) is 9.63. The minimum Gasteiger partial charge on any atom is -0.351 e. The lowest BCUT2D eigenvalue weighted by Crippen LogP contribution is -2.13. The van der Waals surface area contributed by atoms with Crippen molar-refractivity contribution in [2.75, 3.05) is 5.32 Å². The van der Waals surface area contributed by atoms with Crippen molar-refractivity contribution < 1.29 is 13.6 Å². The lowest BCUT2D eigenvalue weighted by molar-refractivity contribution is 0.102. The molecule has 2 N–H and O–H groups in total. The summed E-state index contributed by atoms with van der Waals surface area (Å²) in [6.45, 7) is 0. The van der Waals surface area contributed by atoms with Crippen LogP contribution >= 0.6 is 0 Å². The number of H-pyrrole nitrogens is 1. The van der Waals surface area contributed by atoms with Gasteiger partial charge in [-0.15, -0.1) is 0 Å². The highest BCUT2D eigenvalue weighted by Gasteiger charge is 2.12. The summed E-state index contributed by atoms with van der Waals surface area (Å²) in [6.07, 6.45) is 0. The van der Waals surface area contributed by atoms with Gasteiger partial charge >= 0.3 is 0 Å². The number of aromatic nitrogens is 1. The maximum absolute atomic E-state index is 13.5. The second-order valence-electron chi connectivity index (χ2n) is 4.35. The fourth-order valence-corrected chi connectivity index (χ4v) is 1.98. The van der Waals surface area contributed by atoms with Crippen LogP contribution in [0.5, 0.6) is 0 Å². The predicted octanol–water partition coefficient (Wildman–Crippen LogP) is 3.70. The van der Waals surface area contributed by atoms with Crippen molar-refractivity contribution >= 4 is 22.5 Å². The summed E-state index contributed by atoms with van der Waals surface area (Å²) >= 11 is 0. The molecule has 0 aliphatic carbocycles. The third kappa shape index (κ3) is 2.25. The van der Waals surface area contributed by atoms with E-state index in [9.17, 15) is 13.6 Å². The zero-order valence-corrected chi connectivity index (χ0v) is 10.3. The quantitative estimate of drug-likeness (QED) is 0.734. The van der Waals surface area contributed by atoms with Gasteiger partial charge < -0.3 is 10.3 Å². The van der Waals surface area contributed by atoms with Gasteiger partial charge in [0.05, 0.1) is 5.69 Å². The average molecular weight is 272 g/mol. The summed E-state index contributed by atoms with van der Waals surface area (Å²) in [5.41, 5.74) is 0.904. The van der Waals surface area contributed by atoms with Gasteiger partial charge in [-0.3, -0.25) is 4.79 Å². The SMILES string of the molecule is O=C(Nc1cc(F)ccc1F)c1cc2ccccc2[nH]1. The molecule has 3 nitrogen and oxygen atoms in total. The van der Waals surface area contributed by atoms with Crippen LogP contribution < -0.4 is 5.32 Å². The van der Waals surface area contributed by atoms with Crippen molar-refractivity contribution in [2.24, 2.45) is 0 Å². The highest BCUT2D eigenvalue weighted by molar-refractivity contribution is 6.05. The van der Waals surface area contributed by atoms with Crippen LogP contribution in [-0.4, -0.2) is 10.9 Å². The van der Waals surface area contributed by atoms with E-state index in [1.165, 1.54) is 0 Å². The Kier molecular flexibility index (Phi) is 2.95. The Hall–Kier alpha value is -2.69. The van der Waals surface area contributed by atoms with Crippen LogP contribution in [0.4, 0.5) is 14.5 Å². The summed E-state index contributed by atoms with van der Waals surface area (Å²) in [4.78, 5) is 14.9. The zero-order valence-electron chi connectivity index (χ0n) is 10.3. The fourth-order valence-electron chi connectivity index (χ4n) is 1.98. The molecule has 0 spiro atoms. The van der Waals surface area contributed by atoms with Crippen LogP contribution in [-0.2, 0) is 0 Å². The Morgan fingerprint density at radius 3 is 2.65 bits per heavy atom. The van der Waals surface area contributed by atoms with Gasteiger partial charge in [0, 0.05) is 17.0 Å². The molecule has 0 saturated carbocycles. The number of fused-ring (bicyclic) bond motifs is 1. The minimum absolute atomic E-state index is 0.186. The van der Waals surface area contributed by atoms with E-state index < -0.39 is 17.5 Å². The zero-order chi connectivity index (χ0) is 14.1. The van der Waals surface area contributed by atoms with Gasteiger partial charge in [-0.1, -0.05) is 18.2 Å². The molecule has 1 aromatic heterocycles. The molecule has 0 unspecified atom stereocenters. The topological polar surface area (TPSA) is 44.9 Å². The van der Waals surface area contributed by atoms with Gasteiger partial charge in [0.1, 0.15) is 17.3 Å². The van der Waals surface area contributed by atoms with Gasteiger partial charge in [-0.25, -0.2) is 8.78 Å². The Labute approximate surface area is 113 Å². The van der Waals surface area contributed by atoms with Crippen molar-refractivity contribution in [3.8, 4) is 0 Å². The molecule has 20 heavy (non-hydrogen) atoms. The molecule has 3 rings (SSSR count). The molecule has 2 aromatic carbocycles. The second-order valence-corrected chi connectivity index (χ2v) is 4.35. The number of nitrogens with one attached hydrogen (secondary N) is 2. The molecule has 0 bridgehead atoms. The lowest BCUT2D eigenvalue weighted by atomic mass is 10.2. The van der Waals surface area contributed by atoms with Crippen molar-refractivity contribution in [3.05, 3.63) is 65.9 Å². The molecule has 1 heterocycles. The molecule has 0 fully saturated rings. The third-order valence-corrected chi connectivity index (χ3v) is 2.95. The van der Waals surface area contributed by atoms with Crippen LogP contribution in [0.25, 0.3) is 10.9 Å². The van der Waals surface area contributed by atoms with E-state index in [4.69, 9.17) is 0 Å². The molecular weight excluding hydrogens is 262 g/mol. The normalized spacial score (nSPS) is 10.7. The molecule has 0 saturated heterocycles. The van der Waals surface area contributed by atoms with Gasteiger partial charge in [-0.05, 0) is 24.3 Å². The fraction of sp³-hybridized carbons (Fsp3) is 0. The monoisotopic (exact) mass is 272 g/mol. The standard InChI is InChI=1S/C15H10F2N2O/c16-10-5-6-11(17)13(8-10)19-15(20)14-7-9-3-1-2-4-12(9)18-14/h1-8,18H,(H,19,20). The number of carbonyl (C=O) groups is 1. The number of benzene rings is 2. The first-order valence-corrected chi connectivity index (χ1v) is 5.97. The maximum atomic E-state index is 13.5. The van der Waals surface area contributed by atoms with Crippen LogP contribution in [0.15, 0.2) is 48.5 Å². The number of rotatable bonds is 2. The first-order valence-electron chi connectivity index (χ1n) is 5.97. The highest BCUT2D eigenvalue weighted by atomic mass is 19.1. The summed E-state index contributed by atoms with van der Waals surface area (Å²) in [7, 11) is 0. The van der Waals surface area contributed by atoms with E-state index >= 15 is 0 Å². The Morgan fingerprint density at radius 2 is 1.85 bits per heavy atom. The maximum Gasteiger partial charge on any atom is 0.272 e. The first kappa shape index (κ1) is 12.3. The molecular formula is C15H10F2N2O. The Balaban J connectivity index is 1.90. The number of para-hydroxylation sites is 1. The largest absolute Gasteiger partial charge is 0.351 e. The Morgan fingerprint density at radius 1 is 1.05 bits per heavy atom. The second kappa shape index (κ2) is 4.77. The number of aromatic amines is 1. The minimum atomic E-state index is -0.684. The van der Waals surface area contributed by atoms with Gasteiger partial charge in [0.25, 0.3) is 5.91 Å². The van der Waals surface area contributed by atoms with E-state index in [2.05, 4.69) is 10.3 Å². The number of hydrogen-bond donors (Lipinski definition) is 2. The molecule has 0 atom stereocenters. The van der Waals surface area contributed by atoms with Crippen molar-refractivity contribution in [1.82, 2.24) is 4.98 Å². The van der Waals surface area contributed by atoms with Crippen LogP contribution in [0.3, 0.4) is 0 Å². The summed E-state index contributed by atoms with van der Waals surface area (Å²) in [5, 5.41) is 3.22. The summed E-state index contributed by atoms with van der Waals surface area (Å²) in [5.74, 6) is -1.82. The lowest BCUT2D eigenvalue weighted by Gasteiger charge is -2.05. The smallest absolute Gasteiger partial charge is 0.272 e. The van der Waals surface area contributed by atoms with Crippen molar-refractivity contribution in [1.29, 1.82) is 0 Å². The number of carbonyl (C=O) groups excluding carboxylic acids is 1. The number of amides is 1. The van der Waals surface area contributed by atoms with Crippen LogP contribution in [0, 0.1) is 11.6 Å². The van der Waals surface area contributed by atoms with E-state index in [0.29, 0.717) is 0 Å². The van der Waals surface area contributed by atoms with E-state index in [0.717, 1.165) is 29.1 Å². The van der Waals surface area contributed by atoms with E-state index in [1.807, 2.05) is 24.3 Å². The summed E-state index contributed by atoms with van der Waals surface area (Å²) in [6, 6.07) is 11.9. The van der Waals surface area contributed by atoms with Crippen LogP contribution in [0.1, 0.15) is 10.5 Å². The summed E-state index contributed by atoms with van der Waals surface area (Å²) < 4.78 is 26.5. The number of anilines is 1. The highest BCUT2D eigenvalue weighted by Crippen LogP contribution is 2.18. The predicted molar refractivity (Wildman–Crippen MR) is 72.6 cm³/mol. The molecule has 1 amide bonds.